The summed E-state index contributed by atoms with van der Waals surface area (Å²) >= 11 is 1.75. The zero-order valence-electron chi connectivity index (χ0n) is 6.03. The maximum Gasteiger partial charge on any atom is 0.0892 e. The van der Waals surface area contributed by atoms with Gasteiger partial charge in [0.15, 0.2) is 0 Å². The Morgan fingerprint density at radius 2 is 2.00 bits per heavy atom. The molecule has 0 spiro atoms. The Hall–Kier alpha value is -0.890. The molecule has 2 heteroatoms. The largest absolute Gasteiger partial charge is 0.273 e. The van der Waals surface area contributed by atoms with Gasteiger partial charge in [0.1, 0.15) is 0 Å². The third-order valence-electron chi connectivity index (χ3n) is 1.57. The fraction of sp³-hybridized carbons (Fsp3) is 0.111. The van der Waals surface area contributed by atoms with E-state index in [0.717, 1.165) is 11.6 Å². The minimum atomic E-state index is 0.879. The molecular weight excluding hydrogens is 154 g/mol. The first-order valence-electron chi connectivity index (χ1n) is 3.51. The van der Waals surface area contributed by atoms with Crippen molar-refractivity contribution in [3.8, 4) is 0 Å². The normalized spacial score (nSPS) is 15.8. The standard InChI is InChI=1S/C9H8NS/c1-2-4-8(5-3-1)9-6-11-7-10-9/h1-6H,7H2. The number of hydrogen-bond acceptors (Lipinski definition) is 1. The van der Waals surface area contributed by atoms with Crippen molar-refractivity contribution >= 4 is 17.5 Å². The van der Waals surface area contributed by atoms with Gasteiger partial charge in [-0.2, -0.15) is 0 Å². The summed E-state index contributed by atoms with van der Waals surface area (Å²) in [6.45, 7) is 0. The topological polar surface area (TPSA) is 14.1 Å². The van der Waals surface area contributed by atoms with Gasteiger partial charge in [-0.25, -0.2) is 0 Å². The van der Waals surface area contributed by atoms with E-state index in [1.807, 2.05) is 18.2 Å². The van der Waals surface area contributed by atoms with Crippen LogP contribution in [0, 0.1) is 0 Å². The van der Waals surface area contributed by atoms with Crippen molar-refractivity contribution < 1.29 is 0 Å². The van der Waals surface area contributed by atoms with E-state index in [-0.39, 0.29) is 0 Å². The first-order valence-corrected chi connectivity index (χ1v) is 4.56. The van der Waals surface area contributed by atoms with Crippen LogP contribution in [0.25, 0.3) is 5.70 Å². The van der Waals surface area contributed by atoms with Gasteiger partial charge in [-0.1, -0.05) is 30.3 Å². The van der Waals surface area contributed by atoms with Crippen LogP contribution in [0.2, 0.25) is 0 Å². The van der Waals surface area contributed by atoms with Crippen molar-refractivity contribution in [2.24, 2.45) is 0 Å². The van der Waals surface area contributed by atoms with E-state index in [0.29, 0.717) is 0 Å². The molecule has 0 amide bonds. The fourth-order valence-corrected chi connectivity index (χ4v) is 1.69. The molecule has 0 fully saturated rings. The minimum absolute atomic E-state index is 0.879. The maximum atomic E-state index is 4.33. The SMILES string of the molecule is C1=C(c2ccccc2)[N]CS1. The van der Waals surface area contributed by atoms with Gasteiger partial charge in [-0.05, 0) is 5.41 Å². The average molecular weight is 162 g/mol. The summed E-state index contributed by atoms with van der Waals surface area (Å²) in [7, 11) is 0. The molecule has 2 rings (SSSR count). The molecule has 1 aromatic carbocycles. The highest BCUT2D eigenvalue weighted by Crippen LogP contribution is 2.22. The molecule has 1 nitrogen and oxygen atoms in total. The molecule has 1 heterocycles. The highest BCUT2D eigenvalue weighted by molar-refractivity contribution is 8.02. The molecule has 0 bridgehead atoms. The average Bonchev–Trinajstić information content (AvgIpc) is 2.58. The molecule has 0 saturated carbocycles. The summed E-state index contributed by atoms with van der Waals surface area (Å²) < 4.78 is 0. The van der Waals surface area contributed by atoms with E-state index in [2.05, 4.69) is 22.9 Å². The lowest BCUT2D eigenvalue weighted by molar-refractivity contribution is 1.08. The lowest BCUT2D eigenvalue weighted by Crippen LogP contribution is -1.95. The Bertz CT molecular complexity index is 266. The molecular formula is C9H8NS. The second-order valence-electron chi connectivity index (χ2n) is 2.32. The van der Waals surface area contributed by atoms with Crippen LogP contribution in [-0.4, -0.2) is 5.88 Å². The van der Waals surface area contributed by atoms with Gasteiger partial charge in [0.05, 0.1) is 11.6 Å². The second kappa shape index (κ2) is 3.01. The van der Waals surface area contributed by atoms with Crippen LogP contribution in [0.5, 0.6) is 0 Å². The Kier molecular flexibility index (Phi) is 1.86. The first kappa shape index (κ1) is 6.80. The summed E-state index contributed by atoms with van der Waals surface area (Å²) in [6.07, 6.45) is 0. The van der Waals surface area contributed by atoms with Gasteiger partial charge in [0, 0.05) is 5.56 Å². The van der Waals surface area contributed by atoms with Crippen LogP contribution in [0.4, 0.5) is 0 Å². The molecule has 0 aromatic heterocycles. The van der Waals surface area contributed by atoms with Crippen LogP contribution < -0.4 is 5.32 Å². The van der Waals surface area contributed by atoms with Crippen LogP contribution in [0.1, 0.15) is 5.56 Å². The van der Waals surface area contributed by atoms with Crippen LogP contribution >= 0.6 is 11.8 Å². The van der Waals surface area contributed by atoms with Gasteiger partial charge in [0.2, 0.25) is 0 Å². The van der Waals surface area contributed by atoms with Crippen molar-refractivity contribution in [1.82, 2.24) is 5.32 Å². The molecule has 1 aromatic rings. The molecule has 55 valence electrons. The Morgan fingerprint density at radius 3 is 2.64 bits per heavy atom. The number of hydrogen-bond donors (Lipinski definition) is 0. The second-order valence-corrected chi connectivity index (χ2v) is 3.15. The zero-order chi connectivity index (χ0) is 7.52. The summed E-state index contributed by atoms with van der Waals surface area (Å²) in [5, 5.41) is 6.44. The monoisotopic (exact) mass is 162 g/mol. The van der Waals surface area contributed by atoms with Crippen molar-refractivity contribution in [3.63, 3.8) is 0 Å². The highest BCUT2D eigenvalue weighted by Gasteiger charge is 2.06. The Morgan fingerprint density at radius 1 is 1.18 bits per heavy atom. The third kappa shape index (κ3) is 1.40. The van der Waals surface area contributed by atoms with E-state index in [1.165, 1.54) is 5.56 Å². The Labute approximate surface area is 70.5 Å². The van der Waals surface area contributed by atoms with Gasteiger partial charge >= 0.3 is 0 Å². The molecule has 0 N–H and O–H groups in total. The molecule has 0 atom stereocenters. The third-order valence-corrected chi connectivity index (χ3v) is 2.24. The first-order chi connectivity index (χ1) is 5.47. The molecule has 0 aliphatic carbocycles. The smallest absolute Gasteiger partial charge is 0.0892 e. The summed E-state index contributed by atoms with van der Waals surface area (Å²) in [5.41, 5.74) is 2.34. The van der Waals surface area contributed by atoms with E-state index in [4.69, 9.17) is 0 Å². The van der Waals surface area contributed by atoms with Crippen LogP contribution in [-0.2, 0) is 0 Å². The maximum absolute atomic E-state index is 4.33. The molecule has 1 radical (unpaired) electrons. The molecule has 1 aliphatic heterocycles. The van der Waals surface area contributed by atoms with Crippen molar-refractivity contribution in [3.05, 3.63) is 41.3 Å². The summed E-state index contributed by atoms with van der Waals surface area (Å²) in [6, 6.07) is 10.3. The van der Waals surface area contributed by atoms with E-state index >= 15 is 0 Å². The van der Waals surface area contributed by atoms with E-state index < -0.39 is 0 Å². The molecule has 11 heavy (non-hydrogen) atoms. The van der Waals surface area contributed by atoms with E-state index in [1.54, 1.807) is 11.8 Å². The van der Waals surface area contributed by atoms with Crippen molar-refractivity contribution in [2.45, 2.75) is 0 Å². The predicted molar refractivity (Wildman–Crippen MR) is 49.0 cm³/mol. The molecule has 0 saturated heterocycles. The summed E-state index contributed by atoms with van der Waals surface area (Å²) in [4.78, 5) is 0. The van der Waals surface area contributed by atoms with Gasteiger partial charge in [0.25, 0.3) is 0 Å². The lowest BCUT2D eigenvalue weighted by Gasteiger charge is -1.98. The summed E-state index contributed by atoms with van der Waals surface area (Å²) in [5.74, 6) is 0.879. The molecule has 0 unspecified atom stereocenters. The minimum Gasteiger partial charge on any atom is -0.273 e. The highest BCUT2D eigenvalue weighted by atomic mass is 32.2. The van der Waals surface area contributed by atoms with Gasteiger partial charge in [-0.3, -0.25) is 5.32 Å². The van der Waals surface area contributed by atoms with Gasteiger partial charge < -0.3 is 0 Å². The fourth-order valence-electron chi connectivity index (χ4n) is 1.03. The Balaban J connectivity index is 2.29. The number of benzene rings is 1. The van der Waals surface area contributed by atoms with E-state index in [9.17, 15) is 0 Å². The number of nitrogens with zero attached hydrogens (tertiary/aromatic N) is 1. The van der Waals surface area contributed by atoms with Crippen LogP contribution in [0.15, 0.2) is 35.7 Å². The predicted octanol–water partition coefficient (Wildman–Crippen LogP) is 2.29. The van der Waals surface area contributed by atoms with Gasteiger partial charge in [-0.15, -0.1) is 11.8 Å². The van der Waals surface area contributed by atoms with Crippen LogP contribution in [0.3, 0.4) is 0 Å². The van der Waals surface area contributed by atoms with Crippen molar-refractivity contribution in [2.75, 3.05) is 5.88 Å². The molecule has 1 aliphatic rings. The number of rotatable bonds is 1. The zero-order valence-corrected chi connectivity index (χ0v) is 6.84. The van der Waals surface area contributed by atoms with Crippen molar-refractivity contribution in [1.29, 1.82) is 0 Å². The lowest BCUT2D eigenvalue weighted by atomic mass is 10.2. The number of thioether (sulfide) groups is 1. The quantitative estimate of drug-likeness (QED) is 0.618.